The van der Waals surface area contributed by atoms with E-state index in [1.54, 1.807) is 0 Å². The fourth-order valence-electron chi connectivity index (χ4n) is 11.6. The van der Waals surface area contributed by atoms with Crippen LogP contribution in [0.15, 0.2) is 212 Å². The Morgan fingerprint density at radius 2 is 1.01 bits per heavy atom. The van der Waals surface area contributed by atoms with E-state index in [4.69, 9.17) is 22.1 Å². The number of benzene rings is 9. The molecule has 5 nitrogen and oxygen atoms in total. The molecular weight excluding hydrogens is 937 g/mol. The molecule has 3 aromatic heterocycles. The molecule has 0 radical (unpaired) electrons. The summed E-state index contributed by atoms with van der Waals surface area (Å²) in [5.74, 6) is 2.08. The molecule has 0 unspecified atom stereocenters. The zero-order valence-electron chi connectivity index (χ0n) is 53.1. The van der Waals surface area contributed by atoms with Gasteiger partial charge in [-0.25, -0.2) is 4.98 Å². The number of rotatable bonds is 6. The van der Waals surface area contributed by atoms with Crippen LogP contribution in [-0.4, -0.2) is 14.1 Å². The van der Waals surface area contributed by atoms with Crippen LogP contribution < -0.4 is 9.64 Å². The van der Waals surface area contributed by atoms with E-state index < -0.39 is 31.4 Å². The Morgan fingerprint density at radius 3 is 1.71 bits per heavy atom. The Morgan fingerprint density at radius 1 is 0.429 bits per heavy atom. The van der Waals surface area contributed by atoms with Crippen LogP contribution >= 0.6 is 0 Å². The second kappa shape index (κ2) is 18.0. The maximum absolute atomic E-state index is 8.89. The Bertz CT molecular complexity index is 4730. The van der Waals surface area contributed by atoms with E-state index in [2.05, 4.69) is 162 Å². The molecule has 0 aliphatic carbocycles. The monoisotopic (exact) mass is 1010 g/mol. The van der Waals surface area contributed by atoms with Gasteiger partial charge in [-0.05, 0) is 108 Å². The quantitative estimate of drug-likeness (QED) is 0.166. The fraction of sp³-hybridized carbons (Fsp3) is 0.181. The number of hydrogen-bond acceptors (Lipinski definition) is 3. The summed E-state index contributed by atoms with van der Waals surface area (Å²) in [5.41, 5.74) is 5.98. The summed E-state index contributed by atoms with van der Waals surface area (Å²) in [6.45, 7) is 2.31. The number of ether oxygens (including phenoxy) is 1. The smallest absolute Gasteiger partial charge is 0.137 e. The first-order chi connectivity index (χ1) is 40.8. The van der Waals surface area contributed by atoms with Crippen molar-refractivity contribution in [2.24, 2.45) is 0 Å². The zero-order chi connectivity index (χ0) is 60.5. The second-order valence-electron chi connectivity index (χ2n) is 22.6. The third-order valence-electron chi connectivity index (χ3n) is 15.5. The van der Waals surface area contributed by atoms with Crippen molar-refractivity contribution in [2.45, 2.75) is 85.0 Å². The van der Waals surface area contributed by atoms with Gasteiger partial charge in [0.15, 0.2) is 0 Å². The largest absolute Gasteiger partial charge is 0.457 e. The Hall–Kier alpha value is -8.67. The number of hydrogen-bond donors (Lipinski definition) is 0. The number of nitrogens with zero attached hydrogens (tertiary/aromatic N) is 4. The number of aromatic nitrogens is 3. The van der Waals surface area contributed by atoms with Crippen LogP contribution in [0.25, 0.3) is 93.2 Å². The highest BCUT2D eigenvalue weighted by atomic mass is 16.5. The Labute approximate surface area is 464 Å². The molecule has 0 N–H and O–H groups in total. The van der Waals surface area contributed by atoms with Gasteiger partial charge in [0, 0.05) is 69.0 Å². The summed E-state index contributed by atoms with van der Waals surface area (Å²) in [4.78, 5) is 7.24. The molecule has 0 amide bonds. The normalized spacial score (nSPS) is 15.1. The van der Waals surface area contributed by atoms with Crippen LogP contribution in [0.5, 0.6) is 11.5 Å². The summed E-state index contributed by atoms with van der Waals surface area (Å²) in [6, 6.07) is 69.5. The van der Waals surface area contributed by atoms with Crippen molar-refractivity contribution in [1.29, 1.82) is 0 Å². The van der Waals surface area contributed by atoms with Gasteiger partial charge >= 0.3 is 0 Å². The number of pyridine rings is 1. The summed E-state index contributed by atoms with van der Waals surface area (Å²) >= 11 is 0. The minimum Gasteiger partial charge on any atom is -0.457 e. The fourth-order valence-corrected chi connectivity index (χ4v) is 11.6. The standard InChI is InChI=1S/C72H64N4O/c1-70(2,3)48-37-38-73-66(42-48)76-64-32-18-17-29-60(64)61-34-33-53(44-65(61)76)77-52-24-19-23-51(43-52)74-45-75-67-54(47-39-49(71(4,5)6)41-50(40-47)72(7,8)9)30-20-31-62(67)58-27-15-13-25-56(58)57-26-14-16-28-59(57)63-36-35-55(68(74)69(63)75)46-21-11-10-12-22-46/h10-44H,45H2,1-9H3/i4D3,5D3,6D3. The molecule has 1 aliphatic rings. The van der Waals surface area contributed by atoms with E-state index in [0.717, 1.165) is 93.5 Å². The highest BCUT2D eigenvalue weighted by molar-refractivity contribution is 6.23. The van der Waals surface area contributed by atoms with Crippen molar-refractivity contribution >= 4 is 76.5 Å². The molecule has 12 aromatic rings. The van der Waals surface area contributed by atoms with Gasteiger partial charge in [0.2, 0.25) is 0 Å². The second-order valence-corrected chi connectivity index (χ2v) is 22.6. The van der Waals surface area contributed by atoms with Crippen LogP contribution in [0.3, 0.4) is 0 Å². The molecule has 0 bridgehead atoms. The average molecular weight is 1010 g/mol. The Kier molecular flexibility index (Phi) is 9.07. The maximum Gasteiger partial charge on any atom is 0.137 e. The van der Waals surface area contributed by atoms with Crippen LogP contribution in [0.4, 0.5) is 11.4 Å². The van der Waals surface area contributed by atoms with Gasteiger partial charge in [0.1, 0.15) is 24.0 Å². The third kappa shape index (κ3) is 8.28. The van der Waals surface area contributed by atoms with Gasteiger partial charge in [0.25, 0.3) is 0 Å². The molecule has 4 heterocycles. The predicted octanol–water partition coefficient (Wildman–Crippen LogP) is 19.8. The van der Waals surface area contributed by atoms with Crippen LogP contribution in [0, 0.1) is 0 Å². The SMILES string of the molecule is [2H]C([2H])([2H])C(c1cc(-c2cccc3c4ccccc4c4ccccc4c4ccc(-c5ccccc5)c5c4n(c23)CN5c2cccc(Oc3ccc4c5ccccc5n(-c5cc(C(C)(C)C)ccn5)c4c3)c2)cc(C(C)(C)C)c1)(C([2H])([2H])[2H])C([2H])([2H])[2H]. The molecule has 13 rings (SSSR count). The average Bonchev–Trinajstić information content (AvgIpc) is 0.962. The van der Waals surface area contributed by atoms with Gasteiger partial charge in [-0.2, -0.15) is 0 Å². The first-order valence-corrected chi connectivity index (χ1v) is 26.4. The molecule has 0 spiro atoms. The minimum absolute atomic E-state index is 0.0896. The zero-order valence-corrected chi connectivity index (χ0v) is 44.1. The van der Waals surface area contributed by atoms with E-state index in [1.807, 2.05) is 93.7 Å². The van der Waals surface area contributed by atoms with Crippen molar-refractivity contribution in [1.82, 2.24) is 14.1 Å². The van der Waals surface area contributed by atoms with E-state index in [9.17, 15) is 0 Å². The highest BCUT2D eigenvalue weighted by Gasteiger charge is 2.30. The summed E-state index contributed by atoms with van der Waals surface area (Å²) in [5, 5.41) is 7.97. The van der Waals surface area contributed by atoms with E-state index in [0.29, 0.717) is 28.2 Å². The molecule has 5 heteroatoms. The van der Waals surface area contributed by atoms with E-state index in [-0.39, 0.29) is 17.6 Å². The lowest BCUT2D eigenvalue weighted by Crippen LogP contribution is -2.17. The molecule has 378 valence electrons. The van der Waals surface area contributed by atoms with Crippen molar-refractivity contribution in [3.8, 4) is 39.6 Å². The minimum atomic E-state index is -3.48. The third-order valence-corrected chi connectivity index (χ3v) is 15.5. The molecular formula is C72H64N4O. The first kappa shape index (κ1) is 38.8. The van der Waals surface area contributed by atoms with Gasteiger partial charge in [-0.3, -0.25) is 4.57 Å². The molecule has 0 saturated carbocycles. The van der Waals surface area contributed by atoms with Gasteiger partial charge in [-0.1, -0.05) is 214 Å². The summed E-state index contributed by atoms with van der Waals surface area (Å²) in [6.07, 6.45) is 1.88. The molecule has 77 heavy (non-hydrogen) atoms. The van der Waals surface area contributed by atoms with Gasteiger partial charge < -0.3 is 14.2 Å². The van der Waals surface area contributed by atoms with Crippen LogP contribution in [-0.2, 0) is 22.9 Å². The van der Waals surface area contributed by atoms with Gasteiger partial charge in [0.05, 0.1) is 27.8 Å². The lowest BCUT2D eigenvalue weighted by Gasteiger charge is -2.27. The maximum atomic E-state index is 8.89. The van der Waals surface area contributed by atoms with Crippen molar-refractivity contribution in [3.05, 3.63) is 229 Å². The topological polar surface area (TPSA) is 35.2 Å². The highest BCUT2D eigenvalue weighted by Crippen LogP contribution is 2.50. The van der Waals surface area contributed by atoms with Crippen molar-refractivity contribution < 1.29 is 17.1 Å². The predicted molar refractivity (Wildman–Crippen MR) is 326 cm³/mol. The lowest BCUT2D eigenvalue weighted by atomic mass is 9.78. The molecule has 0 fully saturated rings. The van der Waals surface area contributed by atoms with E-state index >= 15 is 0 Å². The number of anilines is 2. The molecule has 1 aliphatic heterocycles. The first-order valence-electron chi connectivity index (χ1n) is 30.9. The van der Waals surface area contributed by atoms with Crippen LogP contribution in [0.2, 0.25) is 0 Å². The lowest BCUT2D eigenvalue weighted by molar-refractivity contribution is 0.483. The van der Waals surface area contributed by atoms with Crippen LogP contribution in [0.1, 0.15) is 91.1 Å². The van der Waals surface area contributed by atoms with Crippen molar-refractivity contribution in [2.75, 3.05) is 4.90 Å². The Balaban J connectivity index is 1.09. The van der Waals surface area contributed by atoms with Gasteiger partial charge in [-0.15, -0.1) is 0 Å². The number of para-hydroxylation sites is 2. The van der Waals surface area contributed by atoms with Crippen molar-refractivity contribution in [3.63, 3.8) is 0 Å². The van der Waals surface area contributed by atoms with E-state index in [1.165, 1.54) is 17.7 Å². The molecule has 9 aromatic carbocycles. The molecule has 0 saturated heterocycles. The summed E-state index contributed by atoms with van der Waals surface area (Å²) in [7, 11) is 0. The number of fused-ring (bicyclic) bond motifs is 10. The molecule has 0 atom stereocenters. The summed E-state index contributed by atoms with van der Waals surface area (Å²) < 4.78 is 91.5.